The average molecular weight is 732 g/mol. The van der Waals surface area contributed by atoms with Crippen molar-refractivity contribution in [1.82, 2.24) is 10.2 Å². The lowest BCUT2D eigenvalue weighted by Gasteiger charge is -2.35. The SMILES string of the molecule is CC(C)(C)NC(=O)[C@H](Cc1ccccc1)N(Cc1c(Cl)cccc1Cl)C(=O)CN(c1ccc(Br)cc1)S(=O)(=O)c1ccccc1. The van der Waals surface area contributed by atoms with E-state index < -0.39 is 40.0 Å². The summed E-state index contributed by atoms with van der Waals surface area (Å²) in [5.41, 5.74) is 0.932. The third-order valence-corrected chi connectivity index (χ3v) is 9.91. The molecule has 0 bridgehead atoms. The van der Waals surface area contributed by atoms with Gasteiger partial charge in [0.25, 0.3) is 10.0 Å². The largest absolute Gasteiger partial charge is 0.350 e. The van der Waals surface area contributed by atoms with Gasteiger partial charge in [0.1, 0.15) is 12.6 Å². The molecule has 7 nitrogen and oxygen atoms in total. The quantitative estimate of drug-likeness (QED) is 0.173. The fourth-order valence-corrected chi connectivity index (χ4v) is 6.93. The number of sulfonamides is 1. The van der Waals surface area contributed by atoms with Crippen molar-refractivity contribution in [3.05, 3.63) is 129 Å². The highest BCUT2D eigenvalue weighted by atomic mass is 79.9. The van der Waals surface area contributed by atoms with E-state index in [-0.39, 0.29) is 23.5 Å². The molecule has 236 valence electrons. The maximum absolute atomic E-state index is 14.5. The van der Waals surface area contributed by atoms with E-state index in [1.807, 2.05) is 51.1 Å². The molecular formula is C34H34BrCl2N3O4S. The van der Waals surface area contributed by atoms with Crippen LogP contribution in [0.15, 0.2) is 112 Å². The summed E-state index contributed by atoms with van der Waals surface area (Å²) in [6.45, 7) is 4.83. The molecule has 0 aliphatic carbocycles. The Balaban J connectivity index is 1.84. The molecule has 0 aliphatic heterocycles. The Kier molecular flexibility index (Phi) is 11.4. The molecule has 0 saturated heterocycles. The summed E-state index contributed by atoms with van der Waals surface area (Å²) in [6, 6.07) is 27.8. The molecule has 2 amide bonds. The zero-order valence-electron chi connectivity index (χ0n) is 25.1. The first-order valence-corrected chi connectivity index (χ1v) is 17.2. The van der Waals surface area contributed by atoms with Crippen LogP contribution < -0.4 is 9.62 Å². The molecule has 0 heterocycles. The average Bonchev–Trinajstić information content (AvgIpc) is 2.99. The van der Waals surface area contributed by atoms with Crippen LogP contribution in [0.5, 0.6) is 0 Å². The van der Waals surface area contributed by atoms with Gasteiger partial charge in [-0.05, 0) is 74.9 Å². The van der Waals surface area contributed by atoms with Crippen LogP contribution in [0.1, 0.15) is 31.9 Å². The molecule has 11 heteroatoms. The third kappa shape index (κ3) is 9.10. The molecule has 1 atom stereocenters. The predicted octanol–water partition coefficient (Wildman–Crippen LogP) is 7.51. The number of nitrogens with zero attached hydrogens (tertiary/aromatic N) is 2. The Morgan fingerprint density at radius 1 is 0.822 bits per heavy atom. The van der Waals surface area contributed by atoms with Gasteiger partial charge in [-0.2, -0.15) is 0 Å². The molecule has 0 aliphatic rings. The maximum Gasteiger partial charge on any atom is 0.264 e. The number of carbonyl (C=O) groups excluding carboxylic acids is 2. The molecular weight excluding hydrogens is 697 g/mol. The maximum atomic E-state index is 14.5. The Morgan fingerprint density at radius 3 is 1.93 bits per heavy atom. The number of amides is 2. The second kappa shape index (κ2) is 14.8. The minimum absolute atomic E-state index is 0.0210. The third-order valence-electron chi connectivity index (χ3n) is 6.88. The van der Waals surface area contributed by atoms with E-state index in [1.165, 1.54) is 17.0 Å². The molecule has 0 aromatic heterocycles. The van der Waals surface area contributed by atoms with Gasteiger partial charge in [-0.3, -0.25) is 13.9 Å². The number of hydrogen-bond acceptors (Lipinski definition) is 4. The van der Waals surface area contributed by atoms with E-state index in [2.05, 4.69) is 21.2 Å². The number of carbonyl (C=O) groups is 2. The summed E-state index contributed by atoms with van der Waals surface area (Å²) in [6.07, 6.45) is 0.167. The van der Waals surface area contributed by atoms with Gasteiger partial charge in [0.2, 0.25) is 11.8 Å². The van der Waals surface area contributed by atoms with E-state index in [4.69, 9.17) is 23.2 Å². The van der Waals surface area contributed by atoms with Crippen molar-refractivity contribution in [2.45, 2.75) is 50.2 Å². The number of rotatable bonds is 11. The van der Waals surface area contributed by atoms with Crippen molar-refractivity contribution in [1.29, 1.82) is 0 Å². The molecule has 45 heavy (non-hydrogen) atoms. The zero-order valence-corrected chi connectivity index (χ0v) is 29.0. The molecule has 1 N–H and O–H groups in total. The number of anilines is 1. The lowest BCUT2D eigenvalue weighted by atomic mass is 10.0. The monoisotopic (exact) mass is 729 g/mol. The summed E-state index contributed by atoms with van der Waals surface area (Å²) in [7, 11) is -4.20. The second-order valence-electron chi connectivity index (χ2n) is 11.5. The van der Waals surface area contributed by atoms with Crippen molar-refractivity contribution in [3.8, 4) is 0 Å². The number of benzene rings is 4. The van der Waals surface area contributed by atoms with Crippen molar-refractivity contribution < 1.29 is 18.0 Å². The molecule has 0 radical (unpaired) electrons. The lowest BCUT2D eigenvalue weighted by molar-refractivity contribution is -0.140. The van der Waals surface area contributed by atoms with E-state index in [1.54, 1.807) is 60.7 Å². The highest BCUT2D eigenvalue weighted by Crippen LogP contribution is 2.29. The molecule has 0 unspecified atom stereocenters. The van der Waals surface area contributed by atoms with Crippen LogP contribution in [0.3, 0.4) is 0 Å². The van der Waals surface area contributed by atoms with Gasteiger partial charge in [0.05, 0.1) is 10.6 Å². The Hall–Kier alpha value is -3.37. The van der Waals surface area contributed by atoms with Crippen LogP contribution in [-0.2, 0) is 32.6 Å². The number of halogens is 3. The highest BCUT2D eigenvalue weighted by molar-refractivity contribution is 9.10. The van der Waals surface area contributed by atoms with Gasteiger partial charge in [0.15, 0.2) is 0 Å². The minimum Gasteiger partial charge on any atom is -0.350 e. The Morgan fingerprint density at radius 2 is 1.38 bits per heavy atom. The topological polar surface area (TPSA) is 86.8 Å². The first kappa shape index (κ1) is 34.5. The van der Waals surface area contributed by atoms with Gasteiger partial charge in [-0.25, -0.2) is 8.42 Å². The number of hydrogen-bond donors (Lipinski definition) is 1. The smallest absolute Gasteiger partial charge is 0.264 e. The van der Waals surface area contributed by atoms with Crippen molar-refractivity contribution >= 4 is 66.7 Å². The van der Waals surface area contributed by atoms with Gasteiger partial charge >= 0.3 is 0 Å². The van der Waals surface area contributed by atoms with E-state index in [9.17, 15) is 18.0 Å². The molecule has 0 fully saturated rings. The van der Waals surface area contributed by atoms with Gasteiger partial charge in [-0.15, -0.1) is 0 Å². The summed E-state index contributed by atoms with van der Waals surface area (Å²) >= 11 is 16.5. The second-order valence-corrected chi connectivity index (χ2v) is 15.1. The number of nitrogens with one attached hydrogen (secondary N) is 1. The summed E-state index contributed by atoms with van der Waals surface area (Å²) < 4.78 is 29.9. The predicted molar refractivity (Wildman–Crippen MR) is 184 cm³/mol. The molecule has 4 aromatic rings. The Labute approximate surface area is 283 Å². The van der Waals surface area contributed by atoms with Gasteiger partial charge < -0.3 is 10.2 Å². The van der Waals surface area contributed by atoms with Crippen molar-refractivity contribution in [2.24, 2.45) is 0 Å². The first-order valence-electron chi connectivity index (χ1n) is 14.2. The van der Waals surface area contributed by atoms with Crippen LogP contribution in [0.2, 0.25) is 10.0 Å². The molecule has 4 aromatic carbocycles. The summed E-state index contributed by atoms with van der Waals surface area (Å²) in [4.78, 5) is 29.9. The van der Waals surface area contributed by atoms with Crippen LogP contribution in [0.25, 0.3) is 0 Å². The Bertz CT molecular complexity index is 1710. The fourth-order valence-electron chi connectivity index (χ4n) is 4.72. The zero-order chi connectivity index (χ0) is 32.8. The summed E-state index contributed by atoms with van der Waals surface area (Å²) in [5.74, 6) is -1.01. The molecule has 4 rings (SSSR count). The van der Waals surface area contributed by atoms with E-state index in [0.717, 1.165) is 14.3 Å². The fraction of sp³-hybridized carbons (Fsp3) is 0.235. The van der Waals surface area contributed by atoms with E-state index >= 15 is 0 Å². The van der Waals surface area contributed by atoms with Gasteiger partial charge in [0, 0.05) is 38.6 Å². The highest BCUT2D eigenvalue weighted by Gasteiger charge is 2.36. The van der Waals surface area contributed by atoms with Crippen molar-refractivity contribution in [3.63, 3.8) is 0 Å². The first-order chi connectivity index (χ1) is 21.3. The van der Waals surface area contributed by atoms with Crippen LogP contribution in [0, 0.1) is 0 Å². The minimum atomic E-state index is -4.20. The van der Waals surface area contributed by atoms with Crippen LogP contribution in [-0.4, -0.2) is 43.3 Å². The van der Waals surface area contributed by atoms with E-state index in [0.29, 0.717) is 15.6 Å². The van der Waals surface area contributed by atoms with Crippen LogP contribution >= 0.6 is 39.1 Å². The normalized spacial score (nSPS) is 12.3. The summed E-state index contributed by atoms with van der Waals surface area (Å²) in [5, 5.41) is 3.63. The van der Waals surface area contributed by atoms with Crippen molar-refractivity contribution in [2.75, 3.05) is 10.8 Å². The molecule has 0 saturated carbocycles. The van der Waals surface area contributed by atoms with Crippen LogP contribution in [0.4, 0.5) is 5.69 Å². The van der Waals surface area contributed by atoms with Gasteiger partial charge in [-0.1, -0.05) is 93.7 Å². The standard InChI is InChI=1S/C34H34BrCl2N3O4S/c1-34(2,3)38-33(42)31(21-24-11-6-4-7-12-24)39(22-28-29(36)15-10-16-30(28)37)32(41)23-40(26-19-17-25(35)18-20-26)45(43,44)27-13-8-5-9-14-27/h4-20,31H,21-23H2,1-3H3,(H,38,42)/t31-/m0/s1. The molecule has 0 spiro atoms. The lowest BCUT2D eigenvalue weighted by Crippen LogP contribution is -2.56.